The molecule has 0 amide bonds. The summed E-state index contributed by atoms with van der Waals surface area (Å²) in [5.74, 6) is 0. The Hall–Kier alpha value is -1.37. The minimum Gasteiger partial charge on any atom is -0.274 e. The van der Waals surface area contributed by atoms with E-state index in [1.54, 1.807) is 13.1 Å². The fourth-order valence-electron chi connectivity index (χ4n) is 1.93. The minimum absolute atomic E-state index is 0.165. The molecule has 1 heterocycles. The third kappa shape index (κ3) is 3.82. The maximum atomic E-state index is 12.1. The van der Waals surface area contributed by atoms with E-state index in [9.17, 15) is 8.42 Å². The van der Waals surface area contributed by atoms with Gasteiger partial charge in [-0.3, -0.25) is 4.68 Å². The van der Waals surface area contributed by atoms with Gasteiger partial charge in [-0.1, -0.05) is 23.7 Å². The smallest absolute Gasteiger partial charge is 0.243 e. The standard InChI is InChI=1S/C13H16ClN3O2S/c1-10(6-11-4-3-5-12(14)7-11)16-20(18,19)13-8-15-17(2)9-13/h3-5,7-10,16H,6H2,1-2H3/t10-/m1/s1. The summed E-state index contributed by atoms with van der Waals surface area (Å²) in [4.78, 5) is 0.165. The van der Waals surface area contributed by atoms with Gasteiger partial charge in [0.05, 0.1) is 6.20 Å². The van der Waals surface area contributed by atoms with Crippen molar-refractivity contribution in [3.8, 4) is 0 Å². The maximum absolute atomic E-state index is 12.1. The molecule has 7 heteroatoms. The highest BCUT2D eigenvalue weighted by molar-refractivity contribution is 7.89. The summed E-state index contributed by atoms with van der Waals surface area (Å²) < 4.78 is 28.3. The molecule has 0 saturated heterocycles. The van der Waals surface area contributed by atoms with Crippen molar-refractivity contribution < 1.29 is 8.42 Å². The van der Waals surface area contributed by atoms with E-state index >= 15 is 0 Å². The van der Waals surface area contributed by atoms with E-state index in [-0.39, 0.29) is 10.9 Å². The molecular weight excluding hydrogens is 298 g/mol. The van der Waals surface area contributed by atoms with Crippen LogP contribution in [0.15, 0.2) is 41.6 Å². The van der Waals surface area contributed by atoms with Crippen LogP contribution in [0, 0.1) is 0 Å². The Morgan fingerprint density at radius 3 is 2.80 bits per heavy atom. The molecule has 1 aromatic carbocycles. The molecule has 20 heavy (non-hydrogen) atoms. The first kappa shape index (κ1) is 15.0. The SMILES string of the molecule is C[C@H](Cc1cccc(Cl)c1)NS(=O)(=O)c1cnn(C)c1. The van der Waals surface area contributed by atoms with E-state index in [1.165, 1.54) is 17.1 Å². The highest BCUT2D eigenvalue weighted by Crippen LogP contribution is 2.13. The molecule has 0 unspecified atom stereocenters. The zero-order chi connectivity index (χ0) is 14.8. The first-order valence-electron chi connectivity index (χ1n) is 6.12. The number of halogens is 1. The molecule has 108 valence electrons. The number of aryl methyl sites for hydroxylation is 1. The fourth-order valence-corrected chi connectivity index (χ4v) is 3.37. The molecule has 0 bridgehead atoms. The Bertz CT molecular complexity index is 697. The van der Waals surface area contributed by atoms with Gasteiger partial charge in [-0.15, -0.1) is 0 Å². The highest BCUT2D eigenvalue weighted by atomic mass is 35.5. The molecule has 2 rings (SSSR count). The van der Waals surface area contributed by atoms with Crippen LogP contribution in [0.1, 0.15) is 12.5 Å². The molecule has 5 nitrogen and oxygen atoms in total. The summed E-state index contributed by atoms with van der Waals surface area (Å²) in [6.45, 7) is 1.81. The largest absolute Gasteiger partial charge is 0.274 e. The molecule has 1 atom stereocenters. The molecule has 0 aliphatic rings. The van der Waals surface area contributed by atoms with Crippen molar-refractivity contribution in [3.63, 3.8) is 0 Å². The van der Waals surface area contributed by atoms with E-state index in [0.29, 0.717) is 11.4 Å². The van der Waals surface area contributed by atoms with Crippen LogP contribution in [-0.4, -0.2) is 24.2 Å². The van der Waals surface area contributed by atoms with Crippen molar-refractivity contribution in [1.82, 2.24) is 14.5 Å². The second-order valence-electron chi connectivity index (χ2n) is 4.71. The van der Waals surface area contributed by atoms with Gasteiger partial charge in [-0.05, 0) is 31.0 Å². The second-order valence-corrected chi connectivity index (χ2v) is 6.86. The number of aromatic nitrogens is 2. The van der Waals surface area contributed by atoms with Crippen molar-refractivity contribution >= 4 is 21.6 Å². The van der Waals surface area contributed by atoms with Gasteiger partial charge in [0, 0.05) is 24.3 Å². The first-order valence-corrected chi connectivity index (χ1v) is 7.98. The molecule has 0 aliphatic carbocycles. The molecular formula is C13H16ClN3O2S. The highest BCUT2D eigenvalue weighted by Gasteiger charge is 2.19. The lowest BCUT2D eigenvalue weighted by Gasteiger charge is -2.13. The molecule has 0 fully saturated rings. The Balaban J connectivity index is 2.06. The van der Waals surface area contributed by atoms with Gasteiger partial charge in [-0.2, -0.15) is 5.10 Å². The number of hydrogen-bond donors (Lipinski definition) is 1. The van der Waals surface area contributed by atoms with Crippen molar-refractivity contribution in [2.24, 2.45) is 7.05 Å². The van der Waals surface area contributed by atoms with Crippen LogP contribution in [0.25, 0.3) is 0 Å². The predicted molar refractivity (Wildman–Crippen MR) is 78.1 cm³/mol. The minimum atomic E-state index is -3.54. The summed E-state index contributed by atoms with van der Waals surface area (Å²) >= 11 is 5.91. The number of nitrogens with one attached hydrogen (secondary N) is 1. The first-order chi connectivity index (χ1) is 9.37. The van der Waals surface area contributed by atoms with Gasteiger partial charge in [-0.25, -0.2) is 13.1 Å². The normalized spacial score (nSPS) is 13.3. The molecule has 1 aromatic heterocycles. The van der Waals surface area contributed by atoms with Crippen molar-refractivity contribution in [3.05, 3.63) is 47.2 Å². The molecule has 2 aromatic rings. The topological polar surface area (TPSA) is 64.0 Å². The van der Waals surface area contributed by atoms with Gasteiger partial charge in [0.15, 0.2) is 0 Å². The van der Waals surface area contributed by atoms with Crippen LogP contribution < -0.4 is 4.72 Å². The third-order valence-corrected chi connectivity index (χ3v) is 4.56. The van der Waals surface area contributed by atoms with Gasteiger partial charge in [0.25, 0.3) is 0 Å². The number of nitrogens with zero attached hydrogens (tertiary/aromatic N) is 2. The van der Waals surface area contributed by atoms with Gasteiger partial charge in [0.1, 0.15) is 4.90 Å². The number of benzene rings is 1. The Labute approximate surface area is 123 Å². The van der Waals surface area contributed by atoms with Crippen molar-refractivity contribution in [2.45, 2.75) is 24.3 Å². The third-order valence-electron chi connectivity index (χ3n) is 2.78. The zero-order valence-electron chi connectivity index (χ0n) is 11.2. The van der Waals surface area contributed by atoms with E-state index in [0.717, 1.165) is 5.56 Å². The van der Waals surface area contributed by atoms with Crippen LogP contribution in [0.3, 0.4) is 0 Å². The molecule has 0 saturated carbocycles. The molecule has 1 N–H and O–H groups in total. The van der Waals surface area contributed by atoms with Crippen LogP contribution in [0.5, 0.6) is 0 Å². The summed E-state index contributed by atoms with van der Waals surface area (Å²) in [7, 11) is -1.86. The number of hydrogen-bond acceptors (Lipinski definition) is 3. The average molecular weight is 314 g/mol. The predicted octanol–water partition coefficient (Wildman–Crippen LogP) is 1.98. The van der Waals surface area contributed by atoms with Crippen molar-refractivity contribution in [1.29, 1.82) is 0 Å². The number of sulfonamides is 1. The summed E-state index contributed by atoms with van der Waals surface area (Å²) in [5.41, 5.74) is 0.985. The zero-order valence-corrected chi connectivity index (χ0v) is 12.8. The van der Waals surface area contributed by atoms with Crippen LogP contribution in [-0.2, 0) is 23.5 Å². The van der Waals surface area contributed by atoms with Crippen LogP contribution >= 0.6 is 11.6 Å². The monoisotopic (exact) mass is 313 g/mol. The Kier molecular flexibility index (Phi) is 4.47. The fraction of sp³-hybridized carbons (Fsp3) is 0.308. The molecule has 0 radical (unpaired) electrons. The Morgan fingerprint density at radius 1 is 1.45 bits per heavy atom. The lowest BCUT2D eigenvalue weighted by molar-refractivity contribution is 0.559. The second kappa shape index (κ2) is 5.95. The van der Waals surface area contributed by atoms with E-state index in [2.05, 4.69) is 9.82 Å². The summed E-state index contributed by atoms with van der Waals surface area (Å²) in [6, 6.07) is 7.14. The van der Waals surface area contributed by atoms with E-state index in [4.69, 9.17) is 11.6 Å². The lowest BCUT2D eigenvalue weighted by Crippen LogP contribution is -2.33. The lowest BCUT2D eigenvalue weighted by atomic mass is 10.1. The average Bonchev–Trinajstić information content (AvgIpc) is 2.75. The summed E-state index contributed by atoms with van der Waals surface area (Å²) in [5, 5.41) is 4.51. The molecule has 0 aliphatic heterocycles. The van der Waals surface area contributed by atoms with Gasteiger partial charge < -0.3 is 0 Å². The van der Waals surface area contributed by atoms with Gasteiger partial charge >= 0.3 is 0 Å². The van der Waals surface area contributed by atoms with Crippen molar-refractivity contribution in [2.75, 3.05) is 0 Å². The Morgan fingerprint density at radius 2 is 2.20 bits per heavy atom. The number of rotatable bonds is 5. The van der Waals surface area contributed by atoms with Crippen LogP contribution in [0.2, 0.25) is 5.02 Å². The molecule has 0 spiro atoms. The maximum Gasteiger partial charge on any atom is 0.243 e. The van der Waals surface area contributed by atoms with E-state index < -0.39 is 10.0 Å². The summed E-state index contributed by atoms with van der Waals surface area (Å²) in [6.07, 6.45) is 3.36. The van der Waals surface area contributed by atoms with Gasteiger partial charge in [0.2, 0.25) is 10.0 Å². The quantitative estimate of drug-likeness (QED) is 0.918. The van der Waals surface area contributed by atoms with E-state index in [1.807, 2.05) is 25.1 Å². The van der Waals surface area contributed by atoms with Crippen LogP contribution in [0.4, 0.5) is 0 Å².